The summed E-state index contributed by atoms with van der Waals surface area (Å²) in [7, 11) is 1.33. The summed E-state index contributed by atoms with van der Waals surface area (Å²) in [6.07, 6.45) is 1.48. The fourth-order valence-electron chi connectivity index (χ4n) is 2.33. The molecule has 0 spiro atoms. The standard InChI is InChI=1S/C20H23NO4/c1-4-5-15-6-12-18(13-7-15)25-14(2)19(22)21-17-10-8-16(9-11-17)20(23)24-3/h6-14H,4-5H2,1-3H3,(H,21,22). The number of benzene rings is 2. The van der Waals surface area contributed by atoms with Crippen LogP contribution in [-0.4, -0.2) is 25.1 Å². The van der Waals surface area contributed by atoms with Gasteiger partial charge in [0.2, 0.25) is 0 Å². The zero-order valence-corrected chi connectivity index (χ0v) is 14.7. The topological polar surface area (TPSA) is 64.6 Å². The highest BCUT2D eigenvalue weighted by molar-refractivity contribution is 5.95. The number of ether oxygens (including phenoxy) is 2. The Labute approximate surface area is 148 Å². The summed E-state index contributed by atoms with van der Waals surface area (Å²) in [4.78, 5) is 23.6. The van der Waals surface area contributed by atoms with Gasteiger partial charge < -0.3 is 14.8 Å². The van der Waals surface area contributed by atoms with E-state index in [0.717, 1.165) is 12.8 Å². The summed E-state index contributed by atoms with van der Waals surface area (Å²) in [5.74, 6) is -0.0203. The SMILES string of the molecule is CCCc1ccc(OC(C)C(=O)Nc2ccc(C(=O)OC)cc2)cc1. The van der Waals surface area contributed by atoms with Crippen molar-refractivity contribution in [3.8, 4) is 5.75 Å². The maximum atomic E-state index is 12.2. The fraction of sp³-hybridized carbons (Fsp3) is 0.300. The van der Waals surface area contributed by atoms with Crippen LogP contribution in [0.4, 0.5) is 5.69 Å². The first-order valence-corrected chi connectivity index (χ1v) is 8.28. The molecule has 0 aliphatic heterocycles. The molecule has 132 valence electrons. The lowest BCUT2D eigenvalue weighted by Crippen LogP contribution is -2.30. The third-order valence-corrected chi connectivity index (χ3v) is 3.72. The Balaban J connectivity index is 1.92. The van der Waals surface area contributed by atoms with Gasteiger partial charge in [-0.3, -0.25) is 4.79 Å². The van der Waals surface area contributed by atoms with E-state index in [1.165, 1.54) is 12.7 Å². The maximum absolute atomic E-state index is 12.2. The van der Waals surface area contributed by atoms with E-state index in [0.29, 0.717) is 17.0 Å². The van der Waals surface area contributed by atoms with Gasteiger partial charge in [0, 0.05) is 5.69 Å². The van der Waals surface area contributed by atoms with Gasteiger partial charge in [-0.25, -0.2) is 4.79 Å². The van der Waals surface area contributed by atoms with Crippen LogP contribution in [0, 0.1) is 0 Å². The Hall–Kier alpha value is -2.82. The smallest absolute Gasteiger partial charge is 0.337 e. The largest absolute Gasteiger partial charge is 0.481 e. The van der Waals surface area contributed by atoms with Gasteiger partial charge >= 0.3 is 5.97 Å². The lowest BCUT2D eigenvalue weighted by molar-refractivity contribution is -0.122. The van der Waals surface area contributed by atoms with Crippen molar-refractivity contribution >= 4 is 17.6 Å². The third kappa shape index (κ3) is 5.35. The Morgan fingerprint density at radius 2 is 1.68 bits per heavy atom. The number of aryl methyl sites for hydroxylation is 1. The van der Waals surface area contributed by atoms with Crippen LogP contribution >= 0.6 is 0 Å². The molecule has 0 bridgehead atoms. The van der Waals surface area contributed by atoms with Crippen LogP contribution in [0.5, 0.6) is 5.75 Å². The first-order valence-electron chi connectivity index (χ1n) is 8.28. The summed E-state index contributed by atoms with van der Waals surface area (Å²) >= 11 is 0. The normalized spacial score (nSPS) is 11.5. The van der Waals surface area contributed by atoms with E-state index in [9.17, 15) is 9.59 Å². The second kappa shape index (κ2) is 8.87. The van der Waals surface area contributed by atoms with Crippen molar-refractivity contribution in [2.75, 3.05) is 12.4 Å². The Morgan fingerprint density at radius 1 is 1.04 bits per heavy atom. The van der Waals surface area contributed by atoms with Gasteiger partial charge in [-0.1, -0.05) is 25.5 Å². The zero-order valence-electron chi connectivity index (χ0n) is 14.7. The van der Waals surface area contributed by atoms with Crippen LogP contribution in [0.1, 0.15) is 36.2 Å². The molecule has 1 N–H and O–H groups in total. The molecular formula is C20H23NO4. The number of carbonyl (C=O) groups is 2. The van der Waals surface area contributed by atoms with Crippen molar-refractivity contribution in [2.45, 2.75) is 32.8 Å². The van der Waals surface area contributed by atoms with Crippen LogP contribution in [0.15, 0.2) is 48.5 Å². The van der Waals surface area contributed by atoms with E-state index in [2.05, 4.69) is 17.0 Å². The molecule has 0 aliphatic carbocycles. The summed E-state index contributed by atoms with van der Waals surface area (Å²) < 4.78 is 10.3. The number of hydrogen-bond acceptors (Lipinski definition) is 4. The molecule has 0 aliphatic rings. The first kappa shape index (κ1) is 18.5. The molecule has 0 saturated heterocycles. The van der Waals surface area contributed by atoms with Gasteiger partial charge in [0.05, 0.1) is 12.7 Å². The summed E-state index contributed by atoms with van der Waals surface area (Å²) in [6, 6.07) is 14.3. The molecule has 1 unspecified atom stereocenters. The molecule has 2 rings (SSSR count). The zero-order chi connectivity index (χ0) is 18.2. The molecule has 1 atom stereocenters. The summed E-state index contributed by atoms with van der Waals surface area (Å²) in [5, 5.41) is 2.76. The van der Waals surface area contributed by atoms with E-state index in [1.54, 1.807) is 31.2 Å². The molecule has 5 heteroatoms. The predicted molar refractivity (Wildman–Crippen MR) is 96.9 cm³/mol. The average Bonchev–Trinajstić information content (AvgIpc) is 2.63. The molecule has 2 aromatic carbocycles. The van der Waals surface area contributed by atoms with E-state index >= 15 is 0 Å². The highest BCUT2D eigenvalue weighted by Crippen LogP contribution is 2.16. The van der Waals surface area contributed by atoms with Crippen LogP contribution in [0.2, 0.25) is 0 Å². The quantitative estimate of drug-likeness (QED) is 0.777. The Morgan fingerprint density at radius 3 is 2.24 bits per heavy atom. The molecule has 0 heterocycles. The molecule has 5 nitrogen and oxygen atoms in total. The molecule has 2 aromatic rings. The number of anilines is 1. The minimum absolute atomic E-state index is 0.261. The molecule has 25 heavy (non-hydrogen) atoms. The molecule has 0 radical (unpaired) electrons. The lowest BCUT2D eigenvalue weighted by Gasteiger charge is -2.15. The molecule has 1 amide bonds. The van der Waals surface area contributed by atoms with Crippen LogP contribution in [-0.2, 0) is 16.0 Å². The van der Waals surface area contributed by atoms with Crippen molar-refractivity contribution < 1.29 is 19.1 Å². The number of amides is 1. The number of nitrogens with one attached hydrogen (secondary N) is 1. The Kier molecular flexibility index (Phi) is 6.57. The van der Waals surface area contributed by atoms with E-state index in [-0.39, 0.29) is 5.91 Å². The molecule has 0 fully saturated rings. The summed E-state index contributed by atoms with van der Waals surface area (Å²) in [6.45, 7) is 3.83. The second-order valence-corrected chi connectivity index (χ2v) is 5.71. The van der Waals surface area contributed by atoms with Gasteiger partial charge in [0.1, 0.15) is 5.75 Å². The number of carbonyl (C=O) groups excluding carboxylic acids is 2. The maximum Gasteiger partial charge on any atom is 0.337 e. The van der Waals surface area contributed by atoms with Crippen LogP contribution < -0.4 is 10.1 Å². The van der Waals surface area contributed by atoms with E-state index in [1.807, 2.05) is 24.3 Å². The number of methoxy groups -OCH3 is 1. The third-order valence-electron chi connectivity index (χ3n) is 3.72. The fourth-order valence-corrected chi connectivity index (χ4v) is 2.33. The van der Waals surface area contributed by atoms with Crippen LogP contribution in [0.25, 0.3) is 0 Å². The highest BCUT2D eigenvalue weighted by Gasteiger charge is 2.15. The van der Waals surface area contributed by atoms with Gasteiger partial charge in [-0.05, 0) is 55.3 Å². The first-order chi connectivity index (χ1) is 12.0. The minimum atomic E-state index is -0.641. The molecular weight excluding hydrogens is 318 g/mol. The van der Waals surface area contributed by atoms with Gasteiger partial charge in [0.25, 0.3) is 5.91 Å². The van der Waals surface area contributed by atoms with Crippen molar-refractivity contribution in [1.82, 2.24) is 0 Å². The second-order valence-electron chi connectivity index (χ2n) is 5.71. The van der Waals surface area contributed by atoms with E-state index in [4.69, 9.17) is 4.74 Å². The van der Waals surface area contributed by atoms with Gasteiger partial charge in [-0.15, -0.1) is 0 Å². The van der Waals surface area contributed by atoms with Crippen molar-refractivity contribution in [1.29, 1.82) is 0 Å². The summed E-state index contributed by atoms with van der Waals surface area (Å²) in [5.41, 5.74) is 2.26. The van der Waals surface area contributed by atoms with Gasteiger partial charge in [0.15, 0.2) is 6.10 Å². The van der Waals surface area contributed by atoms with Crippen LogP contribution in [0.3, 0.4) is 0 Å². The van der Waals surface area contributed by atoms with Crippen molar-refractivity contribution in [3.63, 3.8) is 0 Å². The molecule has 0 saturated carbocycles. The van der Waals surface area contributed by atoms with Crippen molar-refractivity contribution in [2.24, 2.45) is 0 Å². The number of hydrogen-bond donors (Lipinski definition) is 1. The molecule has 0 aromatic heterocycles. The monoisotopic (exact) mass is 341 g/mol. The Bertz CT molecular complexity index is 707. The minimum Gasteiger partial charge on any atom is -0.481 e. The lowest BCUT2D eigenvalue weighted by atomic mass is 10.1. The average molecular weight is 341 g/mol. The highest BCUT2D eigenvalue weighted by atomic mass is 16.5. The van der Waals surface area contributed by atoms with Gasteiger partial charge in [-0.2, -0.15) is 0 Å². The number of rotatable bonds is 7. The predicted octanol–water partition coefficient (Wildman–Crippen LogP) is 3.83. The van der Waals surface area contributed by atoms with E-state index < -0.39 is 12.1 Å². The number of esters is 1. The van der Waals surface area contributed by atoms with Crippen molar-refractivity contribution in [3.05, 3.63) is 59.7 Å².